The van der Waals surface area contributed by atoms with Gasteiger partial charge in [0, 0.05) is 18.8 Å². The third kappa shape index (κ3) is 3.25. The maximum absolute atomic E-state index is 9.51. The topological polar surface area (TPSA) is 58.0 Å². The standard InChI is InChI=1S/C11H17N3O/c15-11-3-1-2-9(6-11)13-7-10-4-5-12-8-14-10/h4-5,8-9,11,13,15H,1-3,6-7H2. The van der Waals surface area contributed by atoms with Gasteiger partial charge in [-0.05, 0) is 31.7 Å². The number of hydrogen-bond donors (Lipinski definition) is 2. The summed E-state index contributed by atoms with van der Waals surface area (Å²) in [6.07, 6.45) is 7.27. The largest absolute Gasteiger partial charge is 0.393 e. The Hall–Kier alpha value is -1.00. The first kappa shape index (κ1) is 10.5. The minimum atomic E-state index is -0.123. The van der Waals surface area contributed by atoms with Gasteiger partial charge in [0.2, 0.25) is 0 Å². The van der Waals surface area contributed by atoms with Crippen molar-refractivity contribution < 1.29 is 5.11 Å². The molecule has 4 nitrogen and oxygen atoms in total. The molecular weight excluding hydrogens is 190 g/mol. The molecule has 1 aromatic heterocycles. The molecule has 0 aromatic carbocycles. The molecule has 1 saturated carbocycles. The summed E-state index contributed by atoms with van der Waals surface area (Å²) in [6.45, 7) is 0.764. The number of aromatic nitrogens is 2. The highest BCUT2D eigenvalue weighted by Gasteiger charge is 2.19. The van der Waals surface area contributed by atoms with Crippen LogP contribution in [0.5, 0.6) is 0 Å². The zero-order valence-electron chi connectivity index (χ0n) is 8.76. The monoisotopic (exact) mass is 207 g/mol. The van der Waals surface area contributed by atoms with Crippen LogP contribution in [0.2, 0.25) is 0 Å². The molecule has 0 spiro atoms. The van der Waals surface area contributed by atoms with Gasteiger partial charge in [0.05, 0.1) is 11.8 Å². The Kier molecular flexibility index (Phi) is 3.64. The average molecular weight is 207 g/mol. The van der Waals surface area contributed by atoms with E-state index in [9.17, 15) is 5.11 Å². The fourth-order valence-electron chi connectivity index (χ4n) is 2.02. The molecule has 2 N–H and O–H groups in total. The summed E-state index contributed by atoms with van der Waals surface area (Å²) in [6, 6.07) is 2.34. The van der Waals surface area contributed by atoms with Gasteiger partial charge in [0.25, 0.3) is 0 Å². The molecule has 1 aliphatic carbocycles. The summed E-state index contributed by atoms with van der Waals surface area (Å²) < 4.78 is 0. The molecule has 82 valence electrons. The van der Waals surface area contributed by atoms with Gasteiger partial charge in [-0.1, -0.05) is 0 Å². The predicted octanol–water partition coefficient (Wildman–Crippen LogP) is 0.870. The molecule has 0 aliphatic heterocycles. The Bertz CT molecular complexity index is 291. The van der Waals surface area contributed by atoms with Crippen molar-refractivity contribution in [3.05, 3.63) is 24.3 Å². The molecule has 1 aliphatic rings. The molecule has 0 amide bonds. The second-order valence-electron chi connectivity index (χ2n) is 4.10. The van der Waals surface area contributed by atoms with E-state index < -0.39 is 0 Å². The SMILES string of the molecule is OC1CCCC(NCc2ccncn2)C1. The van der Waals surface area contributed by atoms with Crippen molar-refractivity contribution >= 4 is 0 Å². The van der Waals surface area contributed by atoms with E-state index >= 15 is 0 Å². The highest BCUT2D eigenvalue weighted by molar-refractivity contribution is 4.97. The van der Waals surface area contributed by atoms with Crippen molar-refractivity contribution in [3.63, 3.8) is 0 Å². The maximum Gasteiger partial charge on any atom is 0.115 e. The van der Waals surface area contributed by atoms with Crippen molar-refractivity contribution in [2.45, 2.75) is 44.4 Å². The molecular formula is C11H17N3O. The molecule has 2 rings (SSSR count). The molecule has 15 heavy (non-hydrogen) atoms. The van der Waals surface area contributed by atoms with Crippen molar-refractivity contribution in [2.24, 2.45) is 0 Å². The Morgan fingerprint density at radius 2 is 2.40 bits per heavy atom. The average Bonchev–Trinajstić information content (AvgIpc) is 2.28. The van der Waals surface area contributed by atoms with Gasteiger partial charge >= 0.3 is 0 Å². The normalized spacial score (nSPS) is 26.5. The molecule has 0 radical (unpaired) electrons. The van der Waals surface area contributed by atoms with Gasteiger partial charge in [-0.2, -0.15) is 0 Å². The summed E-state index contributed by atoms with van der Waals surface area (Å²) in [5.74, 6) is 0. The number of nitrogens with one attached hydrogen (secondary N) is 1. The lowest BCUT2D eigenvalue weighted by Crippen LogP contribution is -2.35. The van der Waals surface area contributed by atoms with Crippen LogP contribution < -0.4 is 5.32 Å². The molecule has 0 saturated heterocycles. The zero-order valence-corrected chi connectivity index (χ0v) is 8.76. The van der Waals surface area contributed by atoms with Gasteiger partial charge in [-0.3, -0.25) is 0 Å². The van der Waals surface area contributed by atoms with Crippen LogP contribution in [-0.4, -0.2) is 27.2 Å². The number of aliphatic hydroxyl groups is 1. The number of aliphatic hydroxyl groups excluding tert-OH is 1. The second kappa shape index (κ2) is 5.19. The van der Waals surface area contributed by atoms with Crippen molar-refractivity contribution in [3.8, 4) is 0 Å². The van der Waals surface area contributed by atoms with Gasteiger partial charge in [-0.25, -0.2) is 9.97 Å². The van der Waals surface area contributed by atoms with Crippen LogP contribution in [0.3, 0.4) is 0 Å². The van der Waals surface area contributed by atoms with Crippen LogP contribution in [0.1, 0.15) is 31.4 Å². The van der Waals surface area contributed by atoms with E-state index in [4.69, 9.17) is 0 Å². The van der Waals surface area contributed by atoms with Crippen LogP contribution in [0.25, 0.3) is 0 Å². The number of hydrogen-bond acceptors (Lipinski definition) is 4. The van der Waals surface area contributed by atoms with E-state index in [1.165, 1.54) is 0 Å². The van der Waals surface area contributed by atoms with Crippen molar-refractivity contribution in [1.29, 1.82) is 0 Å². The molecule has 2 unspecified atom stereocenters. The highest BCUT2D eigenvalue weighted by atomic mass is 16.3. The summed E-state index contributed by atoms with van der Waals surface area (Å²) in [4.78, 5) is 8.02. The summed E-state index contributed by atoms with van der Waals surface area (Å²) >= 11 is 0. The molecule has 1 aromatic rings. The van der Waals surface area contributed by atoms with Crippen LogP contribution >= 0.6 is 0 Å². The zero-order chi connectivity index (χ0) is 10.5. The molecule has 0 bridgehead atoms. The summed E-state index contributed by atoms with van der Waals surface area (Å²) in [7, 11) is 0. The first-order chi connectivity index (χ1) is 7.34. The second-order valence-corrected chi connectivity index (χ2v) is 4.10. The van der Waals surface area contributed by atoms with Gasteiger partial charge in [-0.15, -0.1) is 0 Å². The van der Waals surface area contributed by atoms with Gasteiger partial charge < -0.3 is 10.4 Å². The Morgan fingerprint density at radius 1 is 1.47 bits per heavy atom. The molecule has 1 heterocycles. The lowest BCUT2D eigenvalue weighted by atomic mass is 9.93. The third-order valence-corrected chi connectivity index (χ3v) is 2.86. The minimum Gasteiger partial charge on any atom is -0.393 e. The Morgan fingerprint density at radius 3 is 3.13 bits per heavy atom. The van der Waals surface area contributed by atoms with Crippen molar-refractivity contribution in [2.75, 3.05) is 0 Å². The van der Waals surface area contributed by atoms with Crippen LogP contribution in [0.15, 0.2) is 18.6 Å². The lowest BCUT2D eigenvalue weighted by molar-refractivity contribution is 0.111. The fourth-order valence-corrected chi connectivity index (χ4v) is 2.02. The number of nitrogens with zero attached hydrogens (tertiary/aromatic N) is 2. The molecule has 4 heteroatoms. The quantitative estimate of drug-likeness (QED) is 0.772. The predicted molar refractivity (Wildman–Crippen MR) is 57.1 cm³/mol. The number of rotatable bonds is 3. The first-order valence-electron chi connectivity index (χ1n) is 5.51. The van der Waals surface area contributed by atoms with Gasteiger partial charge in [0.1, 0.15) is 6.33 Å². The van der Waals surface area contributed by atoms with Crippen LogP contribution in [-0.2, 0) is 6.54 Å². The summed E-state index contributed by atoms with van der Waals surface area (Å²) in [5.41, 5.74) is 1.00. The Labute approximate surface area is 89.8 Å². The Balaban J connectivity index is 1.78. The van der Waals surface area contributed by atoms with E-state index in [2.05, 4.69) is 15.3 Å². The van der Waals surface area contributed by atoms with Crippen LogP contribution in [0, 0.1) is 0 Å². The van der Waals surface area contributed by atoms with E-state index in [0.29, 0.717) is 6.04 Å². The smallest absolute Gasteiger partial charge is 0.115 e. The summed E-state index contributed by atoms with van der Waals surface area (Å²) in [5, 5.41) is 12.9. The first-order valence-corrected chi connectivity index (χ1v) is 5.51. The van der Waals surface area contributed by atoms with E-state index in [1.807, 2.05) is 6.07 Å². The maximum atomic E-state index is 9.51. The molecule has 1 fully saturated rings. The van der Waals surface area contributed by atoms with Gasteiger partial charge in [0.15, 0.2) is 0 Å². The van der Waals surface area contributed by atoms with E-state index in [0.717, 1.165) is 37.9 Å². The minimum absolute atomic E-state index is 0.123. The fraction of sp³-hybridized carbons (Fsp3) is 0.636. The van der Waals surface area contributed by atoms with E-state index in [1.54, 1.807) is 12.5 Å². The van der Waals surface area contributed by atoms with Crippen molar-refractivity contribution in [1.82, 2.24) is 15.3 Å². The van der Waals surface area contributed by atoms with E-state index in [-0.39, 0.29) is 6.10 Å². The lowest BCUT2D eigenvalue weighted by Gasteiger charge is -2.26. The van der Waals surface area contributed by atoms with Crippen LogP contribution in [0.4, 0.5) is 0 Å². The third-order valence-electron chi connectivity index (χ3n) is 2.86. The highest BCUT2D eigenvalue weighted by Crippen LogP contribution is 2.18. The molecule has 2 atom stereocenters.